The van der Waals surface area contributed by atoms with E-state index in [2.05, 4.69) is 32.9 Å². The number of nitrogens with two attached hydrogens (primary N) is 1. The topological polar surface area (TPSA) is 35.2 Å². The van der Waals surface area contributed by atoms with Gasteiger partial charge in [-0.05, 0) is 49.3 Å². The molecular formula is C15H23NO. The highest BCUT2D eigenvalue weighted by Crippen LogP contribution is 2.36. The Morgan fingerprint density at radius 2 is 2.12 bits per heavy atom. The molecule has 1 aromatic carbocycles. The third-order valence-electron chi connectivity index (χ3n) is 3.89. The van der Waals surface area contributed by atoms with Gasteiger partial charge in [0, 0.05) is 6.04 Å². The first-order valence-corrected chi connectivity index (χ1v) is 6.48. The van der Waals surface area contributed by atoms with Gasteiger partial charge in [-0.15, -0.1) is 0 Å². The van der Waals surface area contributed by atoms with E-state index in [0.29, 0.717) is 0 Å². The molecule has 2 heteroatoms. The first-order chi connectivity index (χ1) is 7.99. The fourth-order valence-corrected chi connectivity index (χ4v) is 2.60. The molecule has 1 saturated carbocycles. The maximum atomic E-state index is 6.32. The number of hydrogen-bond acceptors (Lipinski definition) is 2. The van der Waals surface area contributed by atoms with Crippen LogP contribution >= 0.6 is 0 Å². The molecule has 1 aromatic rings. The Morgan fingerprint density at radius 1 is 1.35 bits per heavy atom. The summed E-state index contributed by atoms with van der Waals surface area (Å²) in [5, 5.41) is 0. The Labute approximate surface area is 104 Å². The van der Waals surface area contributed by atoms with Gasteiger partial charge in [-0.25, -0.2) is 0 Å². The van der Waals surface area contributed by atoms with Crippen molar-refractivity contribution in [3.05, 3.63) is 29.8 Å². The normalized spacial score (nSPS) is 27.8. The molecule has 1 fully saturated rings. The number of ether oxygens (including phenoxy) is 1. The molecule has 0 spiro atoms. The smallest absolute Gasteiger partial charge is 0.120 e. The largest absolute Gasteiger partial charge is 0.489 e. The Hall–Kier alpha value is -1.02. The van der Waals surface area contributed by atoms with Crippen LogP contribution in [0.2, 0.25) is 0 Å². The molecule has 0 heterocycles. The molecule has 2 atom stereocenters. The SMILES string of the molecule is Cc1cccc(OC2CCCC(C)(C)C2N)c1. The van der Waals surface area contributed by atoms with E-state index >= 15 is 0 Å². The molecule has 0 aliphatic heterocycles. The minimum Gasteiger partial charge on any atom is -0.489 e. The van der Waals surface area contributed by atoms with Crippen molar-refractivity contribution in [1.82, 2.24) is 0 Å². The van der Waals surface area contributed by atoms with Gasteiger partial charge in [0.1, 0.15) is 11.9 Å². The predicted octanol–water partition coefficient (Wildman–Crippen LogP) is 3.28. The molecule has 0 saturated heterocycles. The van der Waals surface area contributed by atoms with Gasteiger partial charge in [0.15, 0.2) is 0 Å². The van der Waals surface area contributed by atoms with E-state index in [1.54, 1.807) is 0 Å². The summed E-state index contributed by atoms with van der Waals surface area (Å²) in [6.45, 7) is 6.56. The Kier molecular flexibility index (Phi) is 3.43. The second-order valence-electron chi connectivity index (χ2n) is 5.88. The Balaban J connectivity index is 2.08. The maximum absolute atomic E-state index is 6.32. The van der Waals surface area contributed by atoms with Crippen molar-refractivity contribution in [2.45, 2.75) is 52.2 Å². The van der Waals surface area contributed by atoms with E-state index in [4.69, 9.17) is 10.5 Å². The van der Waals surface area contributed by atoms with Gasteiger partial charge in [0.2, 0.25) is 0 Å². The molecule has 1 aliphatic carbocycles. The minimum absolute atomic E-state index is 0.122. The van der Waals surface area contributed by atoms with Gasteiger partial charge in [0.05, 0.1) is 0 Å². The van der Waals surface area contributed by atoms with E-state index in [1.165, 1.54) is 18.4 Å². The van der Waals surface area contributed by atoms with Crippen molar-refractivity contribution in [2.24, 2.45) is 11.1 Å². The van der Waals surface area contributed by atoms with Crippen LogP contribution in [-0.4, -0.2) is 12.1 Å². The van der Waals surface area contributed by atoms with Gasteiger partial charge in [-0.1, -0.05) is 26.0 Å². The van der Waals surface area contributed by atoms with E-state index in [9.17, 15) is 0 Å². The molecule has 0 aromatic heterocycles. The zero-order valence-corrected chi connectivity index (χ0v) is 11.1. The molecule has 0 radical (unpaired) electrons. The van der Waals surface area contributed by atoms with Gasteiger partial charge in [-0.3, -0.25) is 0 Å². The summed E-state index contributed by atoms with van der Waals surface area (Å²) in [4.78, 5) is 0. The summed E-state index contributed by atoms with van der Waals surface area (Å²) in [7, 11) is 0. The molecule has 2 unspecified atom stereocenters. The minimum atomic E-state index is 0.122. The van der Waals surface area contributed by atoms with Crippen molar-refractivity contribution < 1.29 is 4.74 Å². The van der Waals surface area contributed by atoms with Gasteiger partial charge >= 0.3 is 0 Å². The zero-order chi connectivity index (χ0) is 12.5. The second-order valence-corrected chi connectivity index (χ2v) is 5.88. The van der Waals surface area contributed by atoms with Crippen LogP contribution in [0.15, 0.2) is 24.3 Å². The number of aryl methyl sites for hydroxylation is 1. The molecule has 0 amide bonds. The van der Waals surface area contributed by atoms with Crippen molar-refractivity contribution in [3.8, 4) is 5.75 Å². The molecule has 94 valence electrons. The summed E-state index contributed by atoms with van der Waals surface area (Å²) in [5.41, 5.74) is 7.73. The first kappa shape index (κ1) is 12.4. The maximum Gasteiger partial charge on any atom is 0.120 e. The Bertz CT molecular complexity index is 386. The molecule has 1 aliphatic rings. The third kappa shape index (κ3) is 2.81. The molecule has 2 nitrogen and oxygen atoms in total. The standard InChI is InChI=1S/C15H23NO/c1-11-6-4-7-12(10-11)17-13-8-5-9-15(2,3)14(13)16/h4,6-7,10,13-14H,5,8-9,16H2,1-3H3. The molecule has 2 N–H and O–H groups in total. The average Bonchev–Trinajstić information content (AvgIpc) is 2.25. The molecule has 0 bridgehead atoms. The third-order valence-corrected chi connectivity index (χ3v) is 3.89. The fraction of sp³-hybridized carbons (Fsp3) is 0.600. The molecule has 17 heavy (non-hydrogen) atoms. The van der Waals surface area contributed by atoms with E-state index in [-0.39, 0.29) is 17.6 Å². The summed E-state index contributed by atoms with van der Waals surface area (Å²) >= 11 is 0. The van der Waals surface area contributed by atoms with Crippen LogP contribution in [0.3, 0.4) is 0 Å². The van der Waals surface area contributed by atoms with Gasteiger partial charge in [-0.2, -0.15) is 0 Å². The highest BCUT2D eigenvalue weighted by Gasteiger charge is 2.37. The summed E-state index contributed by atoms with van der Waals surface area (Å²) in [5.74, 6) is 0.947. The van der Waals surface area contributed by atoms with Gasteiger partial charge in [0.25, 0.3) is 0 Å². The van der Waals surface area contributed by atoms with E-state index in [0.717, 1.165) is 12.2 Å². The lowest BCUT2D eigenvalue weighted by atomic mass is 9.72. The lowest BCUT2D eigenvalue weighted by Gasteiger charge is -2.41. The van der Waals surface area contributed by atoms with Crippen LogP contribution in [0, 0.1) is 12.3 Å². The van der Waals surface area contributed by atoms with Crippen LogP contribution in [0.5, 0.6) is 5.75 Å². The predicted molar refractivity (Wildman–Crippen MR) is 71.2 cm³/mol. The summed E-state index contributed by atoms with van der Waals surface area (Å²) in [6.07, 6.45) is 3.62. The molecule has 2 rings (SSSR count). The Morgan fingerprint density at radius 3 is 2.82 bits per heavy atom. The summed E-state index contributed by atoms with van der Waals surface area (Å²) < 4.78 is 6.06. The summed E-state index contributed by atoms with van der Waals surface area (Å²) in [6, 6.07) is 8.33. The van der Waals surface area contributed by atoms with Crippen LogP contribution in [-0.2, 0) is 0 Å². The second kappa shape index (κ2) is 4.69. The van der Waals surface area contributed by atoms with Crippen molar-refractivity contribution >= 4 is 0 Å². The quantitative estimate of drug-likeness (QED) is 0.850. The zero-order valence-electron chi connectivity index (χ0n) is 11.1. The first-order valence-electron chi connectivity index (χ1n) is 6.48. The highest BCUT2D eigenvalue weighted by atomic mass is 16.5. The monoisotopic (exact) mass is 233 g/mol. The van der Waals surface area contributed by atoms with Crippen molar-refractivity contribution in [2.75, 3.05) is 0 Å². The fourth-order valence-electron chi connectivity index (χ4n) is 2.60. The van der Waals surface area contributed by atoms with Crippen LogP contribution < -0.4 is 10.5 Å². The van der Waals surface area contributed by atoms with Crippen LogP contribution in [0.1, 0.15) is 38.7 Å². The number of rotatable bonds is 2. The average molecular weight is 233 g/mol. The number of benzene rings is 1. The molecular weight excluding hydrogens is 210 g/mol. The lowest BCUT2D eigenvalue weighted by molar-refractivity contribution is 0.0567. The van der Waals surface area contributed by atoms with Crippen molar-refractivity contribution in [1.29, 1.82) is 0 Å². The van der Waals surface area contributed by atoms with Crippen LogP contribution in [0.4, 0.5) is 0 Å². The van der Waals surface area contributed by atoms with E-state index < -0.39 is 0 Å². The van der Waals surface area contributed by atoms with Gasteiger partial charge < -0.3 is 10.5 Å². The van der Waals surface area contributed by atoms with E-state index in [1.807, 2.05) is 12.1 Å². The lowest BCUT2D eigenvalue weighted by Crippen LogP contribution is -2.51. The number of hydrogen-bond donors (Lipinski definition) is 1. The highest BCUT2D eigenvalue weighted by molar-refractivity contribution is 5.27. The van der Waals surface area contributed by atoms with Crippen molar-refractivity contribution in [3.63, 3.8) is 0 Å². The van der Waals surface area contributed by atoms with Crippen LogP contribution in [0.25, 0.3) is 0 Å².